The zero-order valence-corrected chi connectivity index (χ0v) is 14.3. The molecule has 0 saturated heterocycles. The van der Waals surface area contributed by atoms with Gasteiger partial charge in [-0.2, -0.15) is 13.2 Å². The predicted molar refractivity (Wildman–Crippen MR) is 87.5 cm³/mol. The smallest absolute Gasteiger partial charge is 0.416 e. The maximum atomic E-state index is 13.5. The minimum atomic E-state index is -4.57. The molecule has 0 fully saturated rings. The van der Waals surface area contributed by atoms with Crippen LogP contribution in [0.2, 0.25) is 0 Å². The summed E-state index contributed by atoms with van der Waals surface area (Å²) in [5, 5.41) is 2.06. The van der Waals surface area contributed by atoms with E-state index in [2.05, 4.69) is 5.32 Å². The van der Waals surface area contributed by atoms with Crippen LogP contribution >= 0.6 is 0 Å². The average molecular weight is 403 g/mol. The van der Waals surface area contributed by atoms with Gasteiger partial charge in [-0.25, -0.2) is 13.6 Å². The fourth-order valence-electron chi connectivity index (χ4n) is 2.02. The van der Waals surface area contributed by atoms with Crippen LogP contribution in [-0.4, -0.2) is 24.6 Å². The van der Waals surface area contributed by atoms with Crippen LogP contribution < -0.4 is 10.1 Å². The summed E-state index contributed by atoms with van der Waals surface area (Å²) in [5.74, 6) is -3.86. The van der Waals surface area contributed by atoms with E-state index in [0.717, 1.165) is 30.3 Å². The molecule has 2 aromatic carbocycles. The van der Waals surface area contributed by atoms with Gasteiger partial charge in [-0.15, -0.1) is 0 Å². The van der Waals surface area contributed by atoms with Crippen LogP contribution in [0.5, 0.6) is 5.75 Å². The first-order valence-corrected chi connectivity index (χ1v) is 7.81. The second kappa shape index (κ2) is 8.68. The minimum Gasteiger partial charge on any atom is -0.482 e. The molecule has 10 heteroatoms. The number of alkyl halides is 3. The molecule has 2 aromatic rings. The largest absolute Gasteiger partial charge is 0.482 e. The number of ether oxygens (including phenoxy) is 2. The quantitative estimate of drug-likeness (QED) is 0.586. The lowest BCUT2D eigenvalue weighted by Crippen LogP contribution is -2.32. The highest BCUT2D eigenvalue weighted by Gasteiger charge is 2.30. The molecular weight excluding hydrogens is 389 g/mol. The molecule has 5 nitrogen and oxygen atoms in total. The fraction of sp³-hybridized carbons (Fsp3) is 0.222. The van der Waals surface area contributed by atoms with Crippen LogP contribution in [0.15, 0.2) is 42.5 Å². The van der Waals surface area contributed by atoms with Gasteiger partial charge in [-0.3, -0.25) is 4.79 Å². The molecule has 0 saturated carbocycles. The van der Waals surface area contributed by atoms with Crippen molar-refractivity contribution in [3.05, 3.63) is 59.7 Å². The fourth-order valence-corrected chi connectivity index (χ4v) is 2.02. The molecule has 0 aliphatic rings. The predicted octanol–water partition coefficient (Wildman–Crippen LogP) is 3.93. The highest BCUT2D eigenvalue weighted by molar-refractivity contribution is 5.95. The summed E-state index contributed by atoms with van der Waals surface area (Å²) in [6.45, 7) is 0.419. The molecule has 0 heterocycles. The number of hydrogen-bond acceptors (Lipinski definition) is 4. The van der Waals surface area contributed by atoms with Crippen LogP contribution in [0.25, 0.3) is 0 Å². The molecule has 1 amide bonds. The number of amides is 1. The van der Waals surface area contributed by atoms with E-state index in [1.54, 1.807) is 0 Å². The Morgan fingerprint density at radius 3 is 2.50 bits per heavy atom. The Morgan fingerprint density at radius 1 is 1.11 bits per heavy atom. The van der Waals surface area contributed by atoms with Crippen molar-refractivity contribution in [3.63, 3.8) is 0 Å². The summed E-state index contributed by atoms with van der Waals surface area (Å²) in [6, 6.07) is 6.28. The lowest BCUT2D eigenvalue weighted by Gasteiger charge is -2.14. The third kappa shape index (κ3) is 5.93. The lowest BCUT2D eigenvalue weighted by molar-refractivity contribution is -0.155. The van der Waals surface area contributed by atoms with Gasteiger partial charge >= 0.3 is 12.1 Å². The molecule has 2 rings (SSSR count). The van der Waals surface area contributed by atoms with Gasteiger partial charge in [0, 0.05) is 6.07 Å². The van der Waals surface area contributed by atoms with Crippen LogP contribution in [0.1, 0.15) is 12.5 Å². The Hall–Kier alpha value is -3.17. The molecule has 0 radical (unpaired) electrons. The number of carbonyl (C=O) groups is 2. The van der Waals surface area contributed by atoms with Gasteiger partial charge in [-0.1, -0.05) is 6.07 Å². The van der Waals surface area contributed by atoms with Gasteiger partial charge in [0.1, 0.15) is 17.4 Å². The first kappa shape index (κ1) is 21.1. The first-order chi connectivity index (χ1) is 13.1. The third-order valence-corrected chi connectivity index (χ3v) is 3.38. The van der Waals surface area contributed by atoms with E-state index < -0.39 is 53.6 Å². The van der Waals surface area contributed by atoms with E-state index in [4.69, 9.17) is 9.47 Å². The number of nitrogens with one attached hydrogen (secondary N) is 1. The standard InChI is InChI=1S/C18H14F5NO4/c1-10(17(26)24-15-8-12(19)5-6-14(15)20)28-16(25)9-27-13-4-2-3-11(7-13)18(21,22)23/h2-8,10H,9H2,1H3,(H,24,26). The van der Waals surface area contributed by atoms with Crippen molar-refractivity contribution in [2.24, 2.45) is 0 Å². The van der Waals surface area contributed by atoms with E-state index >= 15 is 0 Å². The molecule has 0 aliphatic carbocycles. The highest BCUT2D eigenvalue weighted by Crippen LogP contribution is 2.31. The number of carbonyl (C=O) groups excluding carboxylic acids is 2. The van der Waals surface area contributed by atoms with Gasteiger partial charge < -0.3 is 14.8 Å². The summed E-state index contributed by atoms with van der Waals surface area (Å²) in [6.07, 6.45) is -5.96. The zero-order valence-electron chi connectivity index (χ0n) is 14.3. The number of benzene rings is 2. The maximum absolute atomic E-state index is 13.5. The Labute approximate surface area is 156 Å². The lowest BCUT2D eigenvalue weighted by atomic mass is 10.2. The molecule has 1 atom stereocenters. The summed E-state index contributed by atoms with van der Waals surface area (Å²) in [4.78, 5) is 23.6. The van der Waals surface area contributed by atoms with Crippen molar-refractivity contribution in [1.29, 1.82) is 0 Å². The number of esters is 1. The topological polar surface area (TPSA) is 64.6 Å². The number of halogens is 5. The monoisotopic (exact) mass is 403 g/mol. The summed E-state index contributed by atoms with van der Waals surface area (Å²) in [5.41, 5.74) is -1.39. The molecule has 0 spiro atoms. The minimum absolute atomic E-state index is 0.217. The number of anilines is 1. The Morgan fingerprint density at radius 2 is 1.82 bits per heavy atom. The summed E-state index contributed by atoms with van der Waals surface area (Å²) in [7, 11) is 0. The average Bonchev–Trinajstić information content (AvgIpc) is 2.62. The number of hydrogen-bond donors (Lipinski definition) is 1. The van der Waals surface area contributed by atoms with Crippen LogP contribution in [0, 0.1) is 11.6 Å². The molecule has 150 valence electrons. The molecule has 0 aromatic heterocycles. The first-order valence-electron chi connectivity index (χ1n) is 7.81. The Bertz CT molecular complexity index is 869. The van der Waals surface area contributed by atoms with Gasteiger partial charge in [-0.05, 0) is 37.3 Å². The van der Waals surface area contributed by atoms with Crippen LogP contribution in [0.3, 0.4) is 0 Å². The van der Waals surface area contributed by atoms with Gasteiger partial charge in [0.2, 0.25) is 0 Å². The normalized spacial score (nSPS) is 12.2. The van der Waals surface area contributed by atoms with Gasteiger partial charge in [0.05, 0.1) is 11.3 Å². The van der Waals surface area contributed by atoms with Gasteiger partial charge in [0.25, 0.3) is 5.91 Å². The third-order valence-electron chi connectivity index (χ3n) is 3.38. The molecule has 1 unspecified atom stereocenters. The van der Waals surface area contributed by atoms with Crippen molar-refractivity contribution in [3.8, 4) is 5.75 Å². The molecule has 28 heavy (non-hydrogen) atoms. The van der Waals surface area contributed by atoms with E-state index in [-0.39, 0.29) is 5.75 Å². The summed E-state index contributed by atoms with van der Waals surface area (Å²) < 4.78 is 74.1. The molecular formula is C18H14F5NO4. The maximum Gasteiger partial charge on any atom is 0.416 e. The number of rotatable bonds is 6. The molecule has 0 bridgehead atoms. The van der Waals surface area contributed by atoms with E-state index in [0.29, 0.717) is 6.07 Å². The van der Waals surface area contributed by atoms with E-state index in [1.807, 2.05) is 0 Å². The zero-order chi connectivity index (χ0) is 20.9. The van der Waals surface area contributed by atoms with Crippen LogP contribution in [-0.2, 0) is 20.5 Å². The van der Waals surface area contributed by atoms with Crippen molar-refractivity contribution < 1.29 is 41.0 Å². The van der Waals surface area contributed by atoms with E-state index in [1.165, 1.54) is 13.0 Å². The van der Waals surface area contributed by atoms with Crippen molar-refractivity contribution >= 4 is 17.6 Å². The molecule has 1 N–H and O–H groups in total. The van der Waals surface area contributed by atoms with Crippen molar-refractivity contribution in [2.75, 3.05) is 11.9 Å². The van der Waals surface area contributed by atoms with Crippen molar-refractivity contribution in [2.45, 2.75) is 19.2 Å². The second-order valence-electron chi connectivity index (χ2n) is 5.56. The van der Waals surface area contributed by atoms with Gasteiger partial charge in [0.15, 0.2) is 12.7 Å². The van der Waals surface area contributed by atoms with Crippen LogP contribution in [0.4, 0.5) is 27.6 Å². The summed E-state index contributed by atoms with van der Waals surface area (Å²) >= 11 is 0. The Kier molecular flexibility index (Phi) is 6.55. The molecule has 0 aliphatic heterocycles. The highest BCUT2D eigenvalue weighted by atomic mass is 19.4. The van der Waals surface area contributed by atoms with E-state index in [9.17, 15) is 31.5 Å². The van der Waals surface area contributed by atoms with Crippen molar-refractivity contribution in [1.82, 2.24) is 0 Å². The Balaban J connectivity index is 1.88. The SMILES string of the molecule is CC(OC(=O)COc1cccc(C(F)(F)F)c1)C(=O)Nc1cc(F)ccc1F. The second-order valence-corrected chi connectivity index (χ2v) is 5.56.